The van der Waals surface area contributed by atoms with Crippen LogP contribution >= 0.6 is 0 Å². The minimum Gasteiger partial charge on any atom is -0.385 e. The summed E-state index contributed by atoms with van der Waals surface area (Å²) in [4.78, 5) is 24.7. The van der Waals surface area contributed by atoms with Gasteiger partial charge in [0, 0.05) is 30.8 Å². The van der Waals surface area contributed by atoms with Crippen molar-refractivity contribution in [2.24, 2.45) is 0 Å². The summed E-state index contributed by atoms with van der Waals surface area (Å²) >= 11 is 0. The lowest BCUT2D eigenvalue weighted by Gasteiger charge is -2.20. The molecule has 0 bridgehead atoms. The van der Waals surface area contributed by atoms with E-state index in [2.05, 4.69) is 10.6 Å². The molecule has 1 aromatic rings. The fourth-order valence-corrected chi connectivity index (χ4v) is 3.12. The first-order chi connectivity index (χ1) is 11.3. The first-order valence-corrected chi connectivity index (χ1v) is 7.84. The number of halogens is 3. The van der Waals surface area contributed by atoms with Gasteiger partial charge in [-0.15, -0.1) is 0 Å². The van der Waals surface area contributed by atoms with Crippen molar-refractivity contribution in [3.63, 3.8) is 0 Å². The van der Waals surface area contributed by atoms with Gasteiger partial charge in [-0.05, 0) is 36.6 Å². The topological polar surface area (TPSA) is 61.4 Å². The Morgan fingerprint density at radius 3 is 2.92 bits per heavy atom. The van der Waals surface area contributed by atoms with Crippen molar-refractivity contribution in [1.82, 2.24) is 10.2 Å². The number of alkyl halides is 3. The fraction of sp³-hybridized carbons (Fsp3) is 0.500. The first-order valence-electron chi connectivity index (χ1n) is 7.84. The molecule has 3 rings (SSSR count). The Hall–Kier alpha value is -2.25. The molecule has 0 aliphatic carbocycles. The van der Waals surface area contributed by atoms with E-state index in [1.807, 2.05) is 6.07 Å². The number of amides is 2. The molecule has 2 amide bonds. The third-order valence-electron chi connectivity index (χ3n) is 4.23. The summed E-state index contributed by atoms with van der Waals surface area (Å²) in [5.74, 6) is -0.956. The van der Waals surface area contributed by atoms with Crippen molar-refractivity contribution in [3.8, 4) is 0 Å². The SMILES string of the molecule is O=C(NC1CC(=O)N(CC(F)(F)F)C1)c1ccc2c(c1)CCCN2. The molecule has 0 spiro atoms. The molecule has 5 nitrogen and oxygen atoms in total. The summed E-state index contributed by atoms with van der Waals surface area (Å²) in [6.45, 7) is -0.489. The van der Waals surface area contributed by atoms with Crippen LogP contribution < -0.4 is 10.6 Å². The molecule has 2 N–H and O–H groups in total. The zero-order valence-corrected chi connectivity index (χ0v) is 12.9. The summed E-state index contributed by atoms with van der Waals surface area (Å²) in [6, 6.07) is 4.71. The number of benzene rings is 1. The van der Waals surface area contributed by atoms with E-state index in [1.54, 1.807) is 12.1 Å². The number of hydrogen-bond acceptors (Lipinski definition) is 3. The first kappa shape index (κ1) is 16.6. The second-order valence-electron chi connectivity index (χ2n) is 6.17. The van der Waals surface area contributed by atoms with Crippen molar-refractivity contribution >= 4 is 17.5 Å². The van der Waals surface area contributed by atoms with Gasteiger partial charge in [-0.1, -0.05) is 0 Å². The predicted octanol–water partition coefficient (Wildman–Crippen LogP) is 1.94. The van der Waals surface area contributed by atoms with E-state index in [0.29, 0.717) is 5.56 Å². The highest BCUT2D eigenvalue weighted by Gasteiger charge is 2.38. The van der Waals surface area contributed by atoms with Crippen molar-refractivity contribution < 1.29 is 22.8 Å². The molecule has 2 heterocycles. The number of carbonyl (C=O) groups excluding carboxylic acids is 2. The lowest BCUT2D eigenvalue weighted by Crippen LogP contribution is -2.39. The van der Waals surface area contributed by atoms with Gasteiger partial charge in [-0.2, -0.15) is 13.2 Å². The Balaban J connectivity index is 1.62. The molecule has 1 aromatic carbocycles. The summed E-state index contributed by atoms with van der Waals surface area (Å²) in [6.07, 6.45) is -2.67. The van der Waals surface area contributed by atoms with E-state index >= 15 is 0 Å². The van der Waals surface area contributed by atoms with Crippen LogP contribution in [0.5, 0.6) is 0 Å². The van der Waals surface area contributed by atoms with Gasteiger partial charge in [0.25, 0.3) is 5.91 Å². The Labute approximate surface area is 137 Å². The Morgan fingerprint density at radius 1 is 1.38 bits per heavy atom. The van der Waals surface area contributed by atoms with Crippen LogP contribution in [0.1, 0.15) is 28.8 Å². The maximum Gasteiger partial charge on any atom is 0.406 e. The van der Waals surface area contributed by atoms with Crippen molar-refractivity contribution in [1.29, 1.82) is 0 Å². The second kappa shape index (κ2) is 6.33. The Kier molecular flexibility index (Phi) is 4.38. The number of anilines is 1. The molecule has 0 saturated carbocycles. The van der Waals surface area contributed by atoms with E-state index in [0.717, 1.165) is 35.5 Å². The minimum absolute atomic E-state index is 0.103. The van der Waals surface area contributed by atoms with E-state index in [4.69, 9.17) is 0 Å². The van der Waals surface area contributed by atoms with Crippen LogP contribution in [-0.2, 0) is 11.2 Å². The lowest BCUT2D eigenvalue weighted by molar-refractivity contribution is -0.157. The number of carbonyl (C=O) groups is 2. The summed E-state index contributed by atoms with van der Waals surface area (Å²) in [5, 5.41) is 5.90. The number of nitrogens with zero attached hydrogens (tertiary/aromatic N) is 1. The molecular weight excluding hydrogens is 323 g/mol. The zero-order chi connectivity index (χ0) is 17.3. The number of hydrogen-bond donors (Lipinski definition) is 2. The molecule has 1 saturated heterocycles. The number of likely N-dealkylation sites (tertiary alicyclic amines) is 1. The number of rotatable bonds is 3. The summed E-state index contributed by atoms with van der Waals surface area (Å²) in [7, 11) is 0. The minimum atomic E-state index is -4.43. The highest BCUT2D eigenvalue weighted by Crippen LogP contribution is 2.24. The van der Waals surface area contributed by atoms with Crippen LogP contribution in [0.4, 0.5) is 18.9 Å². The van der Waals surface area contributed by atoms with Gasteiger partial charge < -0.3 is 15.5 Å². The van der Waals surface area contributed by atoms with Gasteiger partial charge in [-0.3, -0.25) is 9.59 Å². The number of fused-ring (bicyclic) bond motifs is 1. The quantitative estimate of drug-likeness (QED) is 0.883. The Morgan fingerprint density at radius 2 is 2.17 bits per heavy atom. The molecule has 0 radical (unpaired) electrons. The van der Waals surface area contributed by atoms with E-state index in [1.165, 1.54) is 0 Å². The maximum absolute atomic E-state index is 12.4. The molecule has 1 unspecified atom stereocenters. The molecular formula is C16H18F3N3O2. The third kappa shape index (κ3) is 3.80. The fourth-order valence-electron chi connectivity index (χ4n) is 3.12. The van der Waals surface area contributed by atoms with Crippen molar-refractivity contribution in [3.05, 3.63) is 29.3 Å². The molecule has 2 aliphatic rings. The van der Waals surface area contributed by atoms with Crippen LogP contribution in [0.15, 0.2) is 18.2 Å². The van der Waals surface area contributed by atoms with Crippen molar-refractivity contribution in [2.45, 2.75) is 31.5 Å². The zero-order valence-electron chi connectivity index (χ0n) is 12.9. The molecule has 130 valence electrons. The van der Waals surface area contributed by atoms with Gasteiger partial charge in [-0.25, -0.2) is 0 Å². The summed E-state index contributed by atoms with van der Waals surface area (Å²) in [5.41, 5.74) is 2.51. The van der Waals surface area contributed by atoms with Gasteiger partial charge in [0.15, 0.2) is 0 Å². The molecule has 1 atom stereocenters. The van der Waals surface area contributed by atoms with Crippen LogP contribution in [0.2, 0.25) is 0 Å². The molecule has 8 heteroatoms. The molecule has 24 heavy (non-hydrogen) atoms. The smallest absolute Gasteiger partial charge is 0.385 e. The van der Waals surface area contributed by atoms with Gasteiger partial charge in [0.2, 0.25) is 5.91 Å². The largest absolute Gasteiger partial charge is 0.406 e. The third-order valence-corrected chi connectivity index (χ3v) is 4.23. The van der Waals surface area contributed by atoms with Gasteiger partial charge in [0.1, 0.15) is 6.54 Å². The highest BCUT2D eigenvalue weighted by molar-refractivity contribution is 5.95. The van der Waals surface area contributed by atoms with Gasteiger partial charge >= 0.3 is 6.18 Å². The predicted molar refractivity (Wildman–Crippen MR) is 81.8 cm³/mol. The molecule has 1 fully saturated rings. The lowest BCUT2D eigenvalue weighted by atomic mass is 10.0. The van der Waals surface area contributed by atoms with E-state index in [9.17, 15) is 22.8 Å². The van der Waals surface area contributed by atoms with Crippen LogP contribution in [-0.4, -0.2) is 48.6 Å². The molecule has 2 aliphatic heterocycles. The van der Waals surface area contributed by atoms with Crippen molar-refractivity contribution in [2.75, 3.05) is 25.0 Å². The molecule has 0 aromatic heterocycles. The van der Waals surface area contributed by atoms with E-state index in [-0.39, 0.29) is 18.9 Å². The second-order valence-corrected chi connectivity index (χ2v) is 6.17. The standard InChI is InChI=1S/C16H18F3N3O2/c17-16(18,19)9-22-8-12(7-14(22)23)21-15(24)11-3-4-13-10(6-11)2-1-5-20-13/h3-4,6,12,20H,1-2,5,7-9H2,(H,21,24). The van der Waals surface area contributed by atoms with E-state index < -0.39 is 24.7 Å². The van der Waals surface area contributed by atoms with Gasteiger partial charge in [0.05, 0.1) is 6.04 Å². The summed E-state index contributed by atoms with van der Waals surface area (Å²) < 4.78 is 37.2. The average Bonchev–Trinajstić information content (AvgIpc) is 2.84. The van der Waals surface area contributed by atoms with Crippen LogP contribution in [0.25, 0.3) is 0 Å². The van der Waals surface area contributed by atoms with Crippen LogP contribution in [0.3, 0.4) is 0 Å². The maximum atomic E-state index is 12.4. The van der Waals surface area contributed by atoms with Crippen LogP contribution in [0, 0.1) is 0 Å². The normalized spacial score (nSPS) is 20.5. The monoisotopic (exact) mass is 341 g/mol. The highest BCUT2D eigenvalue weighted by atomic mass is 19.4. The number of aryl methyl sites for hydroxylation is 1. The average molecular weight is 341 g/mol. The Bertz CT molecular complexity index is 660. The number of nitrogens with one attached hydrogen (secondary N) is 2.